The molecule has 0 radical (unpaired) electrons. The Morgan fingerprint density at radius 3 is 2.62 bits per heavy atom. The van der Waals surface area contributed by atoms with Crippen LogP contribution in [0.25, 0.3) is 0 Å². The Kier molecular flexibility index (Phi) is 2.76. The van der Waals surface area contributed by atoms with Crippen molar-refractivity contribution in [1.29, 1.82) is 0 Å². The molecule has 1 aromatic heterocycles. The SMILES string of the molecule is Brc1nc(Cc2ccccc2)cs1. The third kappa shape index (κ3) is 2.39. The van der Waals surface area contributed by atoms with Crippen LogP contribution in [0, 0.1) is 0 Å². The zero-order valence-electron chi connectivity index (χ0n) is 6.90. The normalized spacial score (nSPS) is 10.2. The quantitative estimate of drug-likeness (QED) is 0.799. The van der Waals surface area contributed by atoms with Gasteiger partial charge in [0.05, 0.1) is 5.69 Å². The van der Waals surface area contributed by atoms with E-state index in [1.165, 1.54) is 5.56 Å². The van der Waals surface area contributed by atoms with Crippen molar-refractivity contribution in [1.82, 2.24) is 4.98 Å². The highest BCUT2D eigenvalue weighted by Gasteiger charge is 1.99. The average Bonchev–Trinajstić information content (AvgIpc) is 2.53. The molecule has 1 nitrogen and oxygen atoms in total. The lowest BCUT2D eigenvalue weighted by Crippen LogP contribution is -1.86. The molecule has 0 bridgehead atoms. The molecule has 13 heavy (non-hydrogen) atoms. The van der Waals surface area contributed by atoms with Crippen molar-refractivity contribution in [3.05, 3.63) is 50.9 Å². The standard InChI is InChI=1S/C10H8BrNS/c11-10-12-9(7-13-10)6-8-4-2-1-3-5-8/h1-5,7H,6H2. The number of nitrogens with zero attached hydrogens (tertiary/aromatic N) is 1. The number of benzene rings is 1. The van der Waals surface area contributed by atoms with Crippen LogP contribution in [0.5, 0.6) is 0 Å². The van der Waals surface area contributed by atoms with Gasteiger partial charge in [-0.25, -0.2) is 4.98 Å². The van der Waals surface area contributed by atoms with Crippen molar-refractivity contribution in [2.24, 2.45) is 0 Å². The Morgan fingerprint density at radius 1 is 1.23 bits per heavy atom. The number of hydrogen-bond donors (Lipinski definition) is 0. The van der Waals surface area contributed by atoms with Crippen LogP contribution in [-0.4, -0.2) is 4.98 Å². The molecular weight excluding hydrogens is 246 g/mol. The Balaban J connectivity index is 2.15. The summed E-state index contributed by atoms with van der Waals surface area (Å²) in [6, 6.07) is 10.4. The van der Waals surface area contributed by atoms with Crippen LogP contribution < -0.4 is 0 Å². The molecule has 3 heteroatoms. The second-order valence-corrected chi connectivity index (χ2v) is 4.89. The van der Waals surface area contributed by atoms with E-state index in [4.69, 9.17) is 0 Å². The van der Waals surface area contributed by atoms with Gasteiger partial charge in [0.25, 0.3) is 0 Å². The first kappa shape index (κ1) is 8.91. The van der Waals surface area contributed by atoms with Crippen LogP contribution in [0.3, 0.4) is 0 Å². The predicted octanol–water partition coefficient (Wildman–Crippen LogP) is 3.50. The lowest BCUT2D eigenvalue weighted by Gasteiger charge is -1.95. The van der Waals surface area contributed by atoms with Gasteiger partial charge in [0.1, 0.15) is 0 Å². The number of aromatic nitrogens is 1. The Hall–Kier alpha value is -0.670. The van der Waals surface area contributed by atoms with Gasteiger partial charge in [-0.1, -0.05) is 30.3 Å². The van der Waals surface area contributed by atoms with Gasteiger partial charge < -0.3 is 0 Å². The summed E-state index contributed by atoms with van der Waals surface area (Å²) in [6.07, 6.45) is 0.920. The van der Waals surface area contributed by atoms with E-state index < -0.39 is 0 Å². The minimum atomic E-state index is 0.920. The minimum Gasteiger partial charge on any atom is -0.234 e. The summed E-state index contributed by atoms with van der Waals surface area (Å²) in [5.74, 6) is 0. The van der Waals surface area contributed by atoms with Crippen LogP contribution in [0.1, 0.15) is 11.3 Å². The first-order valence-corrected chi connectivity index (χ1v) is 5.66. The van der Waals surface area contributed by atoms with E-state index >= 15 is 0 Å². The Labute approximate surface area is 89.6 Å². The van der Waals surface area contributed by atoms with Gasteiger partial charge >= 0.3 is 0 Å². The molecule has 0 aliphatic carbocycles. The average molecular weight is 254 g/mol. The van der Waals surface area contributed by atoms with Gasteiger partial charge in [0.15, 0.2) is 3.92 Å². The van der Waals surface area contributed by atoms with Crippen molar-refractivity contribution in [3.8, 4) is 0 Å². The third-order valence-electron chi connectivity index (χ3n) is 1.75. The summed E-state index contributed by atoms with van der Waals surface area (Å²) in [6.45, 7) is 0. The van der Waals surface area contributed by atoms with Crippen molar-refractivity contribution in [2.45, 2.75) is 6.42 Å². The summed E-state index contributed by atoms with van der Waals surface area (Å²) < 4.78 is 0.957. The fraction of sp³-hybridized carbons (Fsp3) is 0.100. The monoisotopic (exact) mass is 253 g/mol. The van der Waals surface area contributed by atoms with Gasteiger partial charge in [0, 0.05) is 11.8 Å². The molecule has 0 aliphatic heterocycles. The lowest BCUT2D eigenvalue weighted by molar-refractivity contribution is 1.10. The maximum Gasteiger partial charge on any atom is 0.159 e. The summed E-state index contributed by atoms with van der Waals surface area (Å²) in [7, 11) is 0. The van der Waals surface area contributed by atoms with Crippen LogP contribution in [0.15, 0.2) is 39.6 Å². The minimum absolute atomic E-state index is 0.920. The highest BCUT2D eigenvalue weighted by molar-refractivity contribution is 9.11. The lowest BCUT2D eigenvalue weighted by atomic mass is 10.1. The van der Waals surface area contributed by atoms with Crippen LogP contribution >= 0.6 is 27.3 Å². The second kappa shape index (κ2) is 4.03. The summed E-state index contributed by atoms with van der Waals surface area (Å²) in [5.41, 5.74) is 2.43. The van der Waals surface area contributed by atoms with Crippen molar-refractivity contribution < 1.29 is 0 Å². The van der Waals surface area contributed by atoms with Gasteiger partial charge in [-0.15, -0.1) is 11.3 Å². The van der Waals surface area contributed by atoms with Crippen molar-refractivity contribution in [2.75, 3.05) is 0 Å². The number of hydrogen-bond acceptors (Lipinski definition) is 2. The predicted molar refractivity (Wildman–Crippen MR) is 59.1 cm³/mol. The number of halogens is 1. The van der Waals surface area contributed by atoms with Gasteiger partial charge in [-0.3, -0.25) is 0 Å². The molecular formula is C10H8BrNS. The van der Waals surface area contributed by atoms with E-state index in [0.717, 1.165) is 16.0 Å². The Bertz CT molecular complexity index is 383. The zero-order chi connectivity index (χ0) is 9.10. The number of rotatable bonds is 2. The Morgan fingerprint density at radius 2 is 2.00 bits per heavy atom. The molecule has 0 N–H and O–H groups in total. The van der Waals surface area contributed by atoms with E-state index in [1.807, 2.05) is 6.07 Å². The molecule has 1 heterocycles. The molecule has 0 saturated heterocycles. The maximum absolute atomic E-state index is 4.34. The van der Waals surface area contributed by atoms with E-state index in [9.17, 15) is 0 Å². The van der Waals surface area contributed by atoms with Gasteiger partial charge in [0.2, 0.25) is 0 Å². The van der Waals surface area contributed by atoms with Gasteiger partial charge in [-0.05, 0) is 21.5 Å². The summed E-state index contributed by atoms with van der Waals surface area (Å²) >= 11 is 4.98. The van der Waals surface area contributed by atoms with Gasteiger partial charge in [-0.2, -0.15) is 0 Å². The first-order chi connectivity index (χ1) is 6.34. The van der Waals surface area contributed by atoms with Crippen LogP contribution in [0.2, 0.25) is 0 Å². The molecule has 0 fully saturated rings. The molecule has 0 saturated carbocycles. The molecule has 0 spiro atoms. The smallest absolute Gasteiger partial charge is 0.159 e. The second-order valence-electron chi connectivity index (χ2n) is 2.75. The fourth-order valence-electron chi connectivity index (χ4n) is 1.17. The molecule has 0 amide bonds. The topological polar surface area (TPSA) is 12.9 Å². The van der Waals surface area contributed by atoms with Crippen LogP contribution in [-0.2, 0) is 6.42 Å². The maximum atomic E-state index is 4.34. The largest absolute Gasteiger partial charge is 0.234 e. The van der Waals surface area contributed by atoms with Crippen LogP contribution in [0.4, 0.5) is 0 Å². The summed E-state index contributed by atoms with van der Waals surface area (Å²) in [5, 5.41) is 2.08. The van der Waals surface area contributed by atoms with E-state index in [-0.39, 0.29) is 0 Å². The molecule has 0 unspecified atom stereocenters. The van der Waals surface area contributed by atoms with E-state index in [1.54, 1.807) is 11.3 Å². The third-order valence-corrected chi connectivity index (χ3v) is 3.17. The van der Waals surface area contributed by atoms with E-state index in [2.05, 4.69) is 50.6 Å². The van der Waals surface area contributed by atoms with Crippen molar-refractivity contribution in [3.63, 3.8) is 0 Å². The fourth-order valence-corrected chi connectivity index (χ4v) is 2.22. The highest BCUT2D eigenvalue weighted by Crippen LogP contribution is 2.18. The molecule has 2 rings (SSSR count). The molecule has 1 aromatic carbocycles. The number of thiazole rings is 1. The van der Waals surface area contributed by atoms with Crippen molar-refractivity contribution >= 4 is 27.3 Å². The zero-order valence-corrected chi connectivity index (χ0v) is 9.31. The molecule has 0 atom stereocenters. The molecule has 66 valence electrons. The molecule has 2 aromatic rings. The summed E-state index contributed by atoms with van der Waals surface area (Å²) in [4.78, 5) is 4.34. The highest BCUT2D eigenvalue weighted by atomic mass is 79.9. The molecule has 0 aliphatic rings. The van der Waals surface area contributed by atoms with E-state index in [0.29, 0.717) is 0 Å². The first-order valence-electron chi connectivity index (χ1n) is 3.98.